The van der Waals surface area contributed by atoms with Gasteiger partial charge < -0.3 is 4.52 Å². The Morgan fingerprint density at radius 1 is 1.21 bits per heavy atom. The lowest BCUT2D eigenvalue weighted by Gasteiger charge is -2.39. The number of hydrogen-bond donors (Lipinski definition) is 0. The molecule has 1 spiro atoms. The Morgan fingerprint density at radius 2 is 1.96 bits per heavy atom. The number of rotatable bonds is 5. The summed E-state index contributed by atoms with van der Waals surface area (Å²) >= 11 is 0. The van der Waals surface area contributed by atoms with E-state index >= 15 is 0 Å². The van der Waals surface area contributed by atoms with Crippen molar-refractivity contribution in [1.82, 2.24) is 29.7 Å². The highest BCUT2D eigenvalue weighted by atomic mass is 16.5. The molecule has 7 nitrogen and oxygen atoms in total. The first-order valence-electron chi connectivity index (χ1n) is 10.6. The first-order chi connectivity index (χ1) is 13.3. The van der Waals surface area contributed by atoms with Crippen LogP contribution in [0.15, 0.2) is 16.9 Å². The zero-order valence-corrected chi connectivity index (χ0v) is 17.9. The van der Waals surface area contributed by atoms with Crippen LogP contribution in [0.4, 0.5) is 0 Å². The van der Waals surface area contributed by atoms with E-state index in [-0.39, 0.29) is 12.0 Å². The smallest absolute Gasteiger partial charge is 0.229 e. The van der Waals surface area contributed by atoms with Crippen molar-refractivity contribution in [3.8, 4) is 0 Å². The van der Waals surface area contributed by atoms with Crippen LogP contribution in [0.5, 0.6) is 0 Å². The largest absolute Gasteiger partial charge is 0.339 e. The van der Waals surface area contributed by atoms with E-state index in [1.807, 2.05) is 10.9 Å². The monoisotopic (exact) mass is 386 g/mol. The summed E-state index contributed by atoms with van der Waals surface area (Å²) in [5.74, 6) is 1.90. The van der Waals surface area contributed by atoms with Crippen LogP contribution in [0.3, 0.4) is 0 Å². The second-order valence-electron chi connectivity index (χ2n) is 9.48. The maximum absolute atomic E-state index is 5.46. The van der Waals surface area contributed by atoms with E-state index in [2.05, 4.69) is 66.0 Å². The zero-order chi connectivity index (χ0) is 19.9. The third kappa shape index (κ3) is 3.87. The van der Waals surface area contributed by atoms with Crippen molar-refractivity contribution in [2.45, 2.75) is 71.5 Å². The highest BCUT2D eigenvalue weighted by Crippen LogP contribution is 2.47. The molecule has 7 heteroatoms. The van der Waals surface area contributed by atoms with Gasteiger partial charge in [-0.2, -0.15) is 10.1 Å². The Kier molecular flexibility index (Phi) is 5.31. The molecule has 0 N–H and O–H groups in total. The van der Waals surface area contributed by atoms with Gasteiger partial charge in [0, 0.05) is 36.8 Å². The summed E-state index contributed by atoms with van der Waals surface area (Å²) in [4.78, 5) is 9.67. The van der Waals surface area contributed by atoms with Gasteiger partial charge in [0.05, 0.1) is 12.2 Å². The molecular weight excluding hydrogens is 352 g/mol. The van der Waals surface area contributed by atoms with Gasteiger partial charge in [-0.3, -0.25) is 14.5 Å². The van der Waals surface area contributed by atoms with Gasteiger partial charge in [-0.1, -0.05) is 19.0 Å². The SMILES string of the molecule is CC(C)c1nc(C2CC3(CCN(Cc4cnn(C(C)C)c4)CC3)CN2C)no1. The first kappa shape index (κ1) is 19.6. The Bertz CT molecular complexity index is 786. The average Bonchev–Trinajstić information content (AvgIpc) is 3.36. The van der Waals surface area contributed by atoms with Gasteiger partial charge >= 0.3 is 0 Å². The van der Waals surface area contributed by atoms with Crippen molar-refractivity contribution < 1.29 is 4.52 Å². The lowest BCUT2D eigenvalue weighted by atomic mass is 9.76. The van der Waals surface area contributed by atoms with Crippen LogP contribution in [-0.4, -0.2) is 56.4 Å². The number of likely N-dealkylation sites (tertiary alicyclic amines) is 2. The van der Waals surface area contributed by atoms with Crippen molar-refractivity contribution in [1.29, 1.82) is 0 Å². The maximum atomic E-state index is 5.46. The van der Waals surface area contributed by atoms with Crippen LogP contribution in [0.25, 0.3) is 0 Å². The molecule has 4 heterocycles. The quantitative estimate of drug-likeness (QED) is 0.782. The standard InChI is InChI=1S/C21H34N6O/c1-15(2)20-23-19(24-28-20)18-10-21(14-25(18)5)6-8-26(9-7-21)12-17-11-22-27(13-17)16(3)4/h11,13,15-16,18H,6-10,12,14H2,1-5H3. The third-order valence-electron chi connectivity index (χ3n) is 6.50. The minimum atomic E-state index is 0.283. The lowest BCUT2D eigenvalue weighted by Crippen LogP contribution is -2.40. The van der Waals surface area contributed by atoms with Crippen LogP contribution in [0, 0.1) is 5.41 Å². The van der Waals surface area contributed by atoms with Crippen molar-refractivity contribution in [2.75, 3.05) is 26.7 Å². The molecule has 2 aromatic rings. The molecular formula is C21H34N6O. The second kappa shape index (κ2) is 7.59. The Morgan fingerprint density at radius 3 is 2.57 bits per heavy atom. The molecule has 2 aromatic heterocycles. The summed E-state index contributed by atoms with van der Waals surface area (Å²) < 4.78 is 7.51. The van der Waals surface area contributed by atoms with Crippen LogP contribution in [0.2, 0.25) is 0 Å². The van der Waals surface area contributed by atoms with Crippen molar-refractivity contribution in [3.63, 3.8) is 0 Å². The summed E-state index contributed by atoms with van der Waals surface area (Å²) in [7, 11) is 2.21. The average molecular weight is 387 g/mol. The van der Waals surface area contributed by atoms with E-state index in [0.717, 1.165) is 44.3 Å². The van der Waals surface area contributed by atoms with Crippen LogP contribution in [0.1, 0.15) is 82.2 Å². The Balaban J connectivity index is 1.35. The van der Waals surface area contributed by atoms with Gasteiger partial charge in [0.15, 0.2) is 5.82 Å². The van der Waals surface area contributed by atoms with E-state index in [4.69, 9.17) is 4.52 Å². The fourth-order valence-electron chi connectivity index (χ4n) is 4.72. The summed E-state index contributed by atoms with van der Waals surface area (Å²) in [5, 5.41) is 8.77. The molecule has 4 rings (SSSR count). The summed E-state index contributed by atoms with van der Waals surface area (Å²) in [6.45, 7) is 13.0. The molecule has 0 saturated carbocycles. The van der Waals surface area contributed by atoms with Gasteiger partial charge in [0.25, 0.3) is 0 Å². The molecule has 2 aliphatic rings. The van der Waals surface area contributed by atoms with Crippen LogP contribution in [-0.2, 0) is 6.54 Å². The predicted octanol–water partition coefficient (Wildman–Crippen LogP) is 3.63. The highest BCUT2D eigenvalue weighted by molar-refractivity contribution is 5.08. The topological polar surface area (TPSA) is 63.2 Å². The molecule has 28 heavy (non-hydrogen) atoms. The van der Waals surface area contributed by atoms with Gasteiger partial charge in [0.1, 0.15) is 0 Å². The molecule has 1 atom stereocenters. The van der Waals surface area contributed by atoms with Crippen LogP contribution >= 0.6 is 0 Å². The Labute approximate surface area is 168 Å². The molecule has 2 fully saturated rings. The third-order valence-corrected chi connectivity index (χ3v) is 6.50. The first-order valence-corrected chi connectivity index (χ1v) is 10.6. The van der Waals surface area contributed by atoms with Crippen LogP contribution < -0.4 is 0 Å². The molecule has 2 aliphatic heterocycles. The molecule has 0 aromatic carbocycles. The van der Waals surface area contributed by atoms with Gasteiger partial charge in [-0.05, 0) is 58.7 Å². The second-order valence-corrected chi connectivity index (χ2v) is 9.48. The van der Waals surface area contributed by atoms with E-state index in [1.165, 1.54) is 18.4 Å². The zero-order valence-electron chi connectivity index (χ0n) is 17.9. The molecule has 154 valence electrons. The Hall–Kier alpha value is -1.73. The molecule has 2 saturated heterocycles. The minimum absolute atomic E-state index is 0.283. The van der Waals surface area contributed by atoms with E-state index in [1.54, 1.807) is 0 Å². The fourth-order valence-corrected chi connectivity index (χ4v) is 4.72. The molecule has 0 amide bonds. The van der Waals surface area contributed by atoms with Gasteiger partial charge in [-0.15, -0.1) is 0 Å². The van der Waals surface area contributed by atoms with E-state index in [0.29, 0.717) is 11.5 Å². The normalized spacial score (nSPS) is 23.5. The summed E-state index contributed by atoms with van der Waals surface area (Å²) in [6, 6.07) is 0.706. The van der Waals surface area contributed by atoms with Crippen molar-refractivity contribution in [2.24, 2.45) is 5.41 Å². The minimum Gasteiger partial charge on any atom is -0.339 e. The van der Waals surface area contributed by atoms with E-state index in [9.17, 15) is 0 Å². The maximum Gasteiger partial charge on any atom is 0.229 e. The van der Waals surface area contributed by atoms with Crippen molar-refractivity contribution >= 4 is 0 Å². The predicted molar refractivity (Wildman–Crippen MR) is 108 cm³/mol. The lowest BCUT2D eigenvalue weighted by molar-refractivity contribution is 0.105. The van der Waals surface area contributed by atoms with Gasteiger partial charge in [0.2, 0.25) is 5.89 Å². The van der Waals surface area contributed by atoms with Gasteiger partial charge in [-0.25, -0.2) is 0 Å². The summed E-state index contributed by atoms with van der Waals surface area (Å²) in [6.07, 6.45) is 7.82. The number of nitrogens with zero attached hydrogens (tertiary/aromatic N) is 6. The number of piperidine rings is 1. The molecule has 0 aliphatic carbocycles. The molecule has 1 unspecified atom stereocenters. The number of aromatic nitrogens is 4. The van der Waals surface area contributed by atoms with E-state index < -0.39 is 0 Å². The fraction of sp³-hybridized carbons (Fsp3) is 0.762. The number of hydrogen-bond acceptors (Lipinski definition) is 6. The highest BCUT2D eigenvalue weighted by Gasteiger charge is 2.46. The summed E-state index contributed by atoms with van der Waals surface area (Å²) in [5.41, 5.74) is 1.70. The van der Waals surface area contributed by atoms with Crippen molar-refractivity contribution in [3.05, 3.63) is 29.7 Å². The molecule has 0 radical (unpaired) electrons. The molecule has 0 bridgehead atoms.